The monoisotopic (exact) mass is 560 g/mol. The van der Waals surface area contributed by atoms with Crippen LogP contribution in [0.2, 0.25) is 8.87 Å². The van der Waals surface area contributed by atoms with E-state index < -0.39 is 19.2 Å². The Morgan fingerprint density at radius 3 is 1.33 bits per heavy atom. The van der Waals surface area contributed by atoms with Crippen LogP contribution in [0.15, 0.2) is 36.4 Å². The van der Waals surface area contributed by atoms with Gasteiger partial charge < -0.3 is 0 Å². The van der Waals surface area contributed by atoms with Gasteiger partial charge in [-0.2, -0.15) is 0 Å². The molecule has 2 aromatic rings. The fraction of sp³-hybridized carbons (Fsp3) is 0.600. The SMILES string of the molecule is CCCCc1c(C)cccc1[O][Sn]([CH2]CCC)([CH2]CCC)[O]c1cccc(C)c1CCCC. The zero-order valence-electron chi connectivity index (χ0n) is 22.3. The van der Waals surface area contributed by atoms with E-state index in [4.69, 9.17) is 6.15 Å². The standard InChI is InChI=1S/2C11H16O.2C4H9.Sn/c2*1-3-4-7-10-9(2)6-5-8-11(10)12;2*1-3-4-2;/h2*5-6,8,12H,3-4,7H2,1-2H3;2*1,3-4H2,2H3;/q;;;;+2/p-2. The fourth-order valence-electron chi connectivity index (χ4n) is 4.53. The Kier molecular flexibility index (Phi) is 12.7. The van der Waals surface area contributed by atoms with E-state index in [0.717, 1.165) is 33.2 Å². The summed E-state index contributed by atoms with van der Waals surface area (Å²) in [6.07, 6.45) is 11.7. The Bertz CT molecular complexity index is 761. The van der Waals surface area contributed by atoms with Gasteiger partial charge in [0.2, 0.25) is 0 Å². The number of benzene rings is 2. The van der Waals surface area contributed by atoms with Gasteiger partial charge in [0.25, 0.3) is 0 Å². The van der Waals surface area contributed by atoms with E-state index in [-0.39, 0.29) is 0 Å². The van der Waals surface area contributed by atoms with Crippen molar-refractivity contribution < 1.29 is 6.15 Å². The van der Waals surface area contributed by atoms with Gasteiger partial charge in [-0.15, -0.1) is 0 Å². The molecule has 0 aliphatic rings. The molecule has 0 heterocycles. The molecule has 0 saturated carbocycles. The summed E-state index contributed by atoms with van der Waals surface area (Å²) in [5.41, 5.74) is 5.50. The summed E-state index contributed by atoms with van der Waals surface area (Å²) in [5.74, 6) is 2.21. The van der Waals surface area contributed by atoms with Crippen molar-refractivity contribution in [2.75, 3.05) is 0 Å². The Labute approximate surface area is 209 Å². The van der Waals surface area contributed by atoms with Crippen LogP contribution in [0.4, 0.5) is 0 Å². The van der Waals surface area contributed by atoms with Crippen LogP contribution in [-0.4, -0.2) is 19.2 Å². The van der Waals surface area contributed by atoms with Crippen molar-refractivity contribution in [2.45, 2.75) is 115 Å². The average molecular weight is 559 g/mol. The predicted molar refractivity (Wildman–Crippen MR) is 146 cm³/mol. The maximum atomic E-state index is 7.21. The fourth-order valence-corrected chi connectivity index (χ4v) is 15.0. The van der Waals surface area contributed by atoms with Crippen LogP contribution in [0.25, 0.3) is 0 Å². The summed E-state index contributed by atoms with van der Waals surface area (Å²) in [5, 5.41) is 0. The van der Waals surface area contributed by atoms with Crippen molar-refractivity contribution in [3.8, 4) is 11.5 Å². The maximum absolute atomic E-state index is 7.21. The Balaban J connectivity index is 2.50. The molecule has 2 aromatic carbocycles. The van der Waals surface area contributed by atoms with Crippen molar-refractivity contribution in [3.05, 3.63) is 58.7 Å². The van der Waals surface area contributed by atoms with E-state index >= 15 is 0 Å². The first-order valence-corrected chi connectivity index (χ1v) is 19.9. The van der Waals surface area contributed by atoms with E-state index in [1.165, 1.54) is 73.6 Å². The number of unbranched alkanes of at least 4 members (excludes halogenated alkanes) is 4. The molecule has 0 unspecified atom stereocenters. The molecule has 0 bridgehead atoms. The zero-order valence-corrected chi connectivity index (χ0v) is 25.1. The van der Waals surface area contributed by atoms with Crippen LogP contribution in [-0.2, 0) is 12.8 Å². The second-order valence-electron chi connectivity index (χ2n) is 9.63. The van der Waals surface area contributed by atoms with Crippen LogP contribution in [0.5, 0.6) is 11.5 Å². The van der Waals surface area contributed by atoms with Crippen LogP contribution >= 0.6 is 0 Å². The molecule has 0 radical (unpaired) electrons. The third-order valence-electron chi connectivity index (χ3n) is 6.71. The topological polar surface area (TPSA) is 18.5 Å². The number of aryl methyl sites for hydroxylation is 2. The van der Waals surface area contributed by atoms with Crippen LogP contribution in [0, 0.1) is 13.8 Å². The summed E-state index contributed by atoms with van der Waals surface area (Å²) < 4.78 is 16.6. The van der Waals surface area contributed by atoms with Gasteiger partial charge in [0.05, 0.1) is 0 Å². The van der Waals surface area contributed by atoms with E-state index in [1.807, 2.05) is 0 Å². The average Bonchev–Trinajstić information content (AvgIpc) is 2.81. The van der Waals surface area contributed by atoms with Crippen molar-refractivity contribution in [2.24, 2.45) is 0 Å². The second kappa shape index (κ2) is 15.0. The molecule has 0 fully saturated rings. The molecular weight excluding hydrogens is 511 g/mol. The minimum absolute atomic E-state index is 1.09. The summed E-state index contributed by atoms with van der Waals surface area (Å²) in [7, 11) is 0. The van der Waals surface area contributed by atoms with E-state index in [2.05, 4.69) is 77.9 Å². The van der Waals surface area contributed by atoms with Gasteiger partial charge in [0.15, 0.2) is 0 Å². The third-order valence-corrected chi connectivity index (χ3v) is 16.5. The van der Waals surface area contributed by atoms with Gasteiger partial charge in [-0.05, 0) is 0 Å². The van der Waals surface area contributed by atoms with Gasteiger partial charge >= 0.3 is 210 Å². The molecule has 0 spiro atoms. The number of hydrogen-bond acceptors (Lipinski definition) is 2. The van der Waals surface area contributed by atoms with Crippen molar-refractivity contribution in [1.82, 2.24) is 0 Å². The van der Waals surface area contributed by atoms with E-state index in [1.54, 1.807) is 0 Å². The van der Waals surface area contributed by atoms with Crippen molar-refractivity contribution in [3.63, 3.8) is 0 Å². The molecule has 0 atom stereocenters. The quantitative estimate of drug-likeness (QED) is 0.191. The zero-order chi connectivity index (χ0) is 24.1. The first-order chi connectivity index (χ1) is 16.0. The van der Waals surface area contributed by atoms with Gasteiger partial charge in [0, 0.05) is 0 Å². The molecule has 0 aromatic heterocycles. The Hall–Kier alpha value is -1.16. The normalized spacial score (nSPS) is 11.6. The molecule has 2 nitrogen and oxygen atoms in total. The van der Waals surface area contributed by atoms with Crippen molar-refractivity contribution >= 4 is 19.2 Å². The number of rotatable bonds is 16. The molecule has 33 heavy (non-hydrogen) atoms. The summed E-state index contributed by atoms with van der Waals surface area (Å²) in [4.78, 5) is 0. The third kappa shape index (κ3) is 8.53. The predicted octanol–water partition coefficient (Wildman–Crippen LogP) is 9.49. The molecule has 0 saturated heterocycles. The van der Waals surface area contributed by atoms with Crippen LogP contribution < -0.4 is 6.15 Å². The second-order valence-corrected chi connectivity index (χ2v) is 18.8. The molecule has 0 aliphatic carbocycles. The van der Waals surface area contributed by atoms with E-state index in [0.29, 0.717) is 0 Å². The summed E-state index contributed by atoms with van der Waals surface area (Å²) >= 11 is -3.47. The first-order valence-electron chi connectivity index (χ1n) is 13.5. The Morgan fingerprint density at radius 1 is 0.576 bits per heavy atom. The van der Waals surface area contributed by atoms with Gasteiger partial charge in [-0.1, -0.05) is 0 Å². The number of hydrogen-bond donors (Lipinski definition) is 0. The molecule has 0 aliphatic heterocycles. The van der Waals surface area contributed by atoms with Gasteiger partial charge in [-0.3, -0.25) is 0 Å². The Morgan fingerprint density at radius 2 is 0.970 bits per heavy atom. The van der Waals surface area contributed by atoms with Crippen LogP contribution in [0.1, 0.15) is 101 Å². The first kappa shape index (κ1) is 28.1. The van der Waals surface area contributed by atoms with E-state index in [9.17, 15) is 0 Å². The van der Waals surface area contributed by atoms with Gasteiger partial charge in [-0.25, -0.2) is 0 Å². The summed E-state index contributed by atoms with van der Waals surface area (Å²) in [6.45, 7) is 13.6. The van der Waals surface area contributed by atoms with Crippen molar-refractivity contribution in [1.29, 1.82) is 0 Å². The molecule has 0 N–H and O–H groups in total. The van der Waals surface area contributed by atoms with Crippen LogP contribution in [0.3, 0.4) is 0 Å². The summed E-state index contributed by atoms with van der Waals surface area (Å²) in [6, 6.07) is 13.2. The molecule has 184 valence electrons. The minimum atomic E-state index is -3.47. The molecule has 3 heteroatoms. The molecular formula is C30H48O2Sn. The molecule has 0 amide bonds. The van der Waals surface area contributed by atoms with Gasteiger partial charge in [0.1, 0.15) is 0 Å². The molecule has 2 rings (SSSR count).